The molecule has 0 unspecified atom stereocenters. The number of imidazole rings is 1. The fourth-order valence-electron chi connectivity index (χ4n) is 3.86. The van der Waals surface area contributed by atoms with Crippen molar-refractivity contribution in [3.05, 3.63) is 72.0 Å². The molecule has 6 rings (SSSR count). The minimum absolute atomic E-state index is 0.695. The number of fused-ring (bicyclic) bond motifs is 2. The van der Waals surface area contributed by atoms with Crippen molar-refractivity contribution in [2.75, 3.05) is 0 Å². The monoisotopic (exact) mass is 422 g/mol. The average Bonchev–Trinajstić information content (AvgIpc) is 3.56. The smallest absolute Gasteiger partial charge is 0.178 e. The molecule has 31 heavy (non-hydrogen) atoms. The molecule has 0 bridgehead atoms. The topological polar surface area (TPSA) is 83.1 Å². The van der Waals surface area contributed by atoms with E-state index in [2.05, 4.69) is 56.3 Å². The number of aromatic amines is 2. The predicted octanol–water partition coefficient (Wildman–Crippen LogP) is 5.85. The van der Waals surface area contributed by atoms with Gasteiger partial charge in [-0.2, -0.15) is 5.10 Å². The number of hydrogen-bond acceptors (Lipinski definition) is 5. The number of aryl methyl sites for hydroxylation is 1. The van der Waals surface area contributed by atoms with E-state index < -0.39 is 0 Å². The Balaban J connectivity index is 1.50. The van der Waals surface area contributed by atoms with Crippen LogP contribution >= 0.6 is 11.3 Å². The Morgan fingerprint density at radius 1 is 0.935 bits per heavy atom. The summed E-state index contributed by atoms with van der Waals surface area (Å²) in [5, 5.41) is 8.70. The molecule has 0 aliphatic carbocycles. The lowest BCUT2D eigenvalue weighted by Gasteiger charge is -2.01. The van der Waals surface area contributed by atoms with Gasteiger partial charge in [0.05, 0.1) is 11.0 Å². The number of benzene rings is 1. The molecule has 0 amide bonds. The quantitative estimate of drug-likeness (QED) is 0.373. The van der Waals surface area contributed by atoms with Crippen molar-refractivity contribution >= 4 is 33.4 Å². The molecule has 0 aliphatic rings. The molecular weight excluding hydrogens is 404 g/mol. The van der Waals surface area contributed by atoms with E-state index >= 15 is 0 Å². The molecule has 0 spiro atoms. The van der Waals surface area contributed by atoms with Gasteiger partial charge in [0.1, 0.15) is 5.69 Å². The zero-order valence-corrected chi connectivity index (χ0v) is 17.6. The van der Waals surface area contributed by atoms with E-state index in [-0.39, 0.29) is 0 Å². The largest absolute Gasteiger partial charge is 0.335 e. The normalized spacial score (nSPS) is 11.5. The summed E-state index contributed by atoms with van der Waals surface area (Å²) in [5.74, 6) is 0.709. The van der Waals surface area contributed by atoms with Crippen LogP contribution in [0.3, 0.4) is 0 Å². The summed E-state index contributed by atoms with van der Waals surface area (Å²) in [5.41, 5.74) is 6.72. The van der Waals surface area contributed by atoms with Crippen LogP contribution in [0.25, 0.3) is 55.2 Å². The summed E-state index contributed by atoms with van der Waals surface area (Å²) in [7, 11) is 0. The van der Waals surface area contributed by atoms with E-state index in [1.807, 2.05) is 41.8 Å². The van der Waals surface area contributed by atoms with Gasteiger partial charge in [0.2, 0.25) is 0 Å². The Bertz CT molecular complexity index is 1530. The fraction of sp³-hybridized carbons (Fsp3) is 0.0833. The van der Waals surface area contributed by atoms with Gasteiger partial charge in [-0.05, 0) is 60.0 Å². The molecule has 7 heteroatoms. The summed E-state index contributed by atoms with van der Waals surface area (Å²) < 4.78 is 0. The van der Waals surface area contributed by atoms with Gasteiger partial charge in [0.25, 0.3) is 0 Å². The van der Waals surface area contributed by atoms with E-state index in [0.717, 1.165) is 45.2 Å². The second-order valence-corrected chi connectivity index (χ2v) is 8.50. The van der Waals surface area contributed by atoms with E-state index in [9.17, 15) is 0 Å². The highest BCUT2D eigenvalue weighted by molar-refractivity contribution is 7.15. The Kier molecular flexibility index (Phi) is 4.14. The zero-order chi connectivity index (χ0) is 20.8. The summed E-state index contributed by atoms with van der Waals surface area (Å²) in [4.78, 5) is 19.4. The molecule has 6 nitrogen and oxygen atoms in total. The van der Waals surface area contributed by atoms with Crippen molar-refractivity contribution in [3.63, 3.8) is 0 Å². The molecule has 0 atom stereocenters. The Morgan fingerprint density at radius 2 is 1.84 bits per heavy atom. The van der Waals surface area contributed by atoms with Gasteiger partial charge >= 0.3 is 0 Å². The fourth-order valence-corrected chi connectivity index (χ4v) is 4.84. The number of rotatable bonds is 4. The van der Waals surface area contributed by atoms with Gasteiger partial charge in [-0.3, -0.25) is 10.1 Å². The average molecular weight is 423 g/mol. The summed E-state index contributed by atoms with van der Waals surface area (Å²) in [6.07, 6.45) is 6.46. The van der Waals surface area contributed by atoms with Crippen LogP contribution in [0.2, 0.25) is 0 Å². The van der Waals surface area contributed by atoms with Crippen molar-refractivity contribution in [1.82, 2.24) is 30.1 Å². The molecule has 0 fully saturated rings. The van der Waals surface area contributed by atoms with Crippen LogP contribution in [0, 0.1) is 0 Å². The zero-order valence-electron chi connectivity index (χ0n) is 16.8. The van der Waals surface area contributed by atoms with Crippen molar-refractivity contribution in [2.45, 2.75) is 13.3 Å². The number of aromatic nitrogens is 6. The summed E-state index contributed by atoms with van der Waals surface area (Å²) in [6, 6.07) is 16.7. The molecule has 0 aliphatic heterocycles. The highest BCUT2D eigenvalue weighted by Gasteiger charge is 2.17. The van der Waals surface area contributed by atoms with Crippen LogP contribution in [-0.4, -0.2) is 30.1 Å². The van der Waals surface area contributed by atoms with Gasteiger partial charge in [-0.25, -0.2) is 9.97 Å². The number of pyridine rings is 2. The van der Waals surface area contributed by atoms with Gasteiger partial charge in [-0.15, -0.1) is 11.3 Å². The lowest BCUT2D eigenvalue weighted by Crippen LogP contribution is -1.83. The molecule has 2 N–H and O–H groups in total. The van der Waals surface area contributed by atoms with Crippen LogP contribution in [0.1, 0.15) is 11.8 Å². The minimum Gasteiger partial charge on any atom is -0.335 e. The lowest BCUT2D eigenvalue weighted by molar-refractivity contribution is 1.10. The first kappa shape index (κ1) is 18.0. The minimum atomic E-state index is 0.695. The lowest BCUT2D eigenvalue weighted by atomic mass is 10.0. The maximum atomic E-state index is 4.77. The summed E-state index contributed by atoms with van der Waals surface area (Å²) in [6.45, 7) is 2.18. The van der Waals surface area contributed by atoms with Crippen LogP contribution in [0.15, 0.2) is 67.1 Å². The molecule has 6 aromatic rings. The first-order valence-electron chi connectivity index (χ1n) is 10.1. The van der Waals surface area contributed by atoms with E-state index in [1.165, 1.54) is 9.75 Å². The molecule has 0 saturated heterocycles. The Labute approximate surface area is 182 Å². The van der Waals surface area contributed by atoms with Gasteiger partial charge in [0.15, 0.2) is 11.5 Å². The summed E-state index contributed by atoms with van der Waals surface area (Å²) >= 11 is 1.81. The third-order valence-electron chi connectivity index (χ3n) is 5.47. The maximum Gasteiger partial charge on any atom is 0.178 e. The maximum absolute atomic E-state index is 4.77. The van der Waals surface area contributed by atoms with Crippen LogP contribution in [0.4, 0.5) is 0 Å². The molecule has 5 heterocycles. The van der Waals surface area contributed by atoms with E-state index in [0.29, 0.717) is 11.5 Å². The van der Waals surface area contributed by atoms with Gasteiger partial charge in [0, 0.05) is 39.3 Å². The van der Waals surface area contributed by atoms with E-state index in [4.69, 9.17) is 4.98 Å². The second kappa shape index (κ2) is 7.14. The van der Waals surface area contributed by atoms with Gasteiger partial charge in [-0.1, -0.05) is 13.0 Å². The van der Waals surface area contributed by atoms with Crippen molar-refractivity contribution < 1.29 is 0 Å². The Hall–Kier alpha value is -3.84. The van der Waals surface area contributed by atoms with Crippen molar-refractivity contribution in [1.29, 1.82) is 0 Å². The SMILES string of the molecule is CCc1ccc(-c2ccnc3nc(-c4n[nH]c5ccc(-c6ccncc6)cc45)[nH]c23)s1. The van der Waals surface area contributed by atoms with Crippen molar-refractivity contribution in [2.24, 2.45) is 0 Å². The highest BCUT2D eigenvalue weighted by atomic mass is 32.1. The van der Waals surface area contributed by atoms with Crippen LogP contribution < -0.4 is 0 Å². The predicted molar refractivity (Wildman–Crippen MR) is 125 cm³/mol. The number of thiophene rings is 1. The Morgan fingerprint density at radius 3 is 2.68 bits per heavy atom. The molecule has 0 radical (unpaired) electrons. The number of nitrogens with one attached hydrogen (secondary N) is 2. The third-order valence-corrected chi connectivity index (χ3v) is 6.73. The van der Waals surface area contributed by atoms with Gasteiger partial charge < -0.3 is 4.98 Å². The molecule has 0 saturated carbocycles. The molecule has 1 aromatic carbocycles. The molecule has 150 valence electrons. The number of hydrogen-bond donors (Lipinski definition) is 2. The molecular formula is C24H18N6S. The second-order valence-electron chi connectivity index (χ2n) is 7.33. The first-order chi connectivity index (χ1) is 15.3. The van der Waals surface area contributed by atoms with E-state index in [1.54, 1.807) is 12.4 Å². The van der Waals surface area contributed by atoms with Crippen molar-refractivity contribution in [3.8, 4) is 33.1 Å². The highest BCUT2D eigenvalue weighted by Crippen LogP contribution is 2.35. The third kappa shape index (κ3) is 3.02. The van der Waals surface area contributed by atoms with Crippen LogP contribution in [0.5, 0.6) is 0 Å². The molecule has 5 aromatic heterocycles. The first-order valence-corrected chi connectivity index (χ1v) is 10.9. The standard InChI is InChI=1S/C24H18N6S/c1-2-16-4-6-20(31-16)17-9-12-26-23-21(17)27-24(28-23)22-18-13-15(3-5-19(18)29-30-22)14-7-10-25-11-8-14/h3-13H,2H2,1H3,(H,29,30)(H,26,27,28). The number of nitrogens with zero attached hydrogens (tertiary/aromatic N) is 4. The van der Waals surface area contributed by atoms with Crippen LogP contribution in [-0.2, 0) is 6.42 Å². The number of H-pyrrole nitrogens is 2.